The molecule has 2 aromatic rings. The predicted molar refractivity (Wildman–Crippen MR) is 148 cm³/mol. The molecule has 0 aromatic heterocycles. The third kappa shape index (κ3) is 9.40. The fraction of sp³-hybridized carbons (Fsp3) is 0.481. The maximum Gasteiger partial charge on any atom is 0.490 e. The molecule has 2 aromatic carbocycles. The van der Waals surface area contributed by atoms with E-state index in [1.54, 1.807) is 24.3 Å². The molecule has 1 heterocycles. The summed E-state index contributed by atoms with van der Waals surface area (Å²) in [6, 6.07) is 12.2. The number of nitrogens with one attached hydrogen (secondary N) is 3. The Morgan fingerprint density at radius 2 is 1.60 bits per heavy atom. The third-order valence-corrected chi connectivity index (χ3v) is 7.61. The monoisotopic (exact) mass is 586 g/mol. The molecule has 1 aliphatic rings. The van der Waals surface area contributed by atoms with Crippen LogP contribution in [0.1, 0.15) is 57.0 Å². The molecule has 1 aliphatic heterocycles. The van der Waals surface area contributed by atoms with E-state index in [4.69, 9.17) is 9.90 Å². The molecular weight excluding hydrogens is 549 g/mol. The molecule has 222 valence electrons. The van der Waals surface area contributed by atoms with Gasteiger partial charge in [0.25, 0.3) is 15.9 Å². The molecule has 1 atom stereocenters. The van der Waals surface area contributed by atoms with Crippen LogP contribution in [0.15, 0.2) is 47.4 Å². The first-order valence-corrected chi connectivity index (χ1v) is 14.3. The number of carboxylic acids is 1. The van der Waals surface area contributed by atoms with Gasteiger partial charge in [-0.15, -0.1) is 0 Å². The maximum atomic E-state index is 13.3. The molecule has 0 saturated carbocycles. The number of aliphatic carboxylic acids is 1. The first-order valence-electron chi connectivity index (χ1n) is 12.8. The second-order valence-corrected chi connectivity index (χ2v) is 12.1. The Balaban J connectivity index is 0.000000708. The van der Waals surface area contributed by atoms with Crippen LogP contribution < -0.4 is 20.3 Å². The van der Waals surface area contributed by atoms with Crippen molar-refractivity contribution in [2.45, 2.75) is 63.6 Å². The van der Waals surface area contributed by atoms with Gasteiger partial charge in [-0.2, -0.15) is 13.2 Å². The van der Waals surface area contributed by atoms with Crippen LogP contribution in [0.4, 0.5) is 24.5 Å². The number of amides is 1. The Bertz CT molecular complexity index is 1270. The zero-order chi connectivity index (χ0) is 30.3. The summed E-state index contributed by atoms with van der Waals surface area (Å²) in [4.78, 5) is 23.9. The topological polar surface area (TPSA) is 128 Å². The Hall–Kier alpha value is -3.32. The van der Waals surface area contributed by atoms with Crippen molar-refractivity contribution in [1.29, 1.82) is 0 Å². The highest BCUT2D eigenvalue weighted by molar-refractivity contribution is 7.92. The van der Waals surface area contributed by atoms with E-state index in [0.717, 1.165) is 43.9 Å². The number of anilines is 2. The van der Waals surface area contributed by atoms with Gasteiger partial charge in [0.1, 0.15) is 0 Å². The Morgan fingerprint density at radius 1 is 1.05 bits per heavy atom. The number of sulfonamides is 1. The zero-order valence-electron chi connectivity index (χ0n) is 23.2. The van der Waals surface area contributed by atoms with Crippen molar-refractivity contribution in [3.63, 3.8) is 0 Å². The minimum Gasteiger partial charge on any atom is -0.475 e. The first kappa shape index (κ1) is 32.9. The predicted octanol–water partition coefficient (Wildman–Crippen LogP) is 4.36. The van der Waals surface area contributed by atoms with Crippen molar-refractivity contribution in [2.75, 3.05) is 35.8 Å². The largest absolute Gasteiger partial charge is 0.490 e. The van der Waals surface area contributed by atoms with Crippen molar-refractivity contribution in [3.05, 3.63) is 53.6 Å². The van der Waals surface area contributed by atoms with E-state index in [1.807, 2.05) is 32.0 Å². The average Bonchev–Trinajstić information content (AvgIpc) is 2.88. The molecule has 0 spiro atoms. The minimum absolute atomic E-state index is 0.0341. The van der Waals surface area contributed by atoms with Crippen molar-refractivity contribution in [3.8, 4) is 0 Å². The van der Waals surface area contributed by atoms with E-state index in [-0.39, 0.29) is 22.3 Å². The zero-order valence-corrected chi connectivity index (χ0v) is 24.0. The summed E-state index contributed by atoms with van der Waals surface area (Å²) in [7, 11) is -3.83. The molecule has 0 aliphatic carbocycles. The average molecular weight is 587 g/mol. The second-order valence-electron chi connectivity index (χ2n) is 10.4. The number of hydrogen-bond donors (Lipinski definition) is 4. The fourth-order valence-electron chi connectivity index (χ4n) is 3.69. The number of benzene rings is 2. The highest BCUT2D eigenvalue weighted by Crippen LogP contribution is 2.31. The summed E-state index contributed by atoms with van der Waals surface area (Å²) in [6.07, 6.45) is -4.27. The van der Waals surface area contributed by atoms with Crippen LogP contribution in [0.5, 0.6) is 0 Å². The number of piperazine rings is 1. The lowest BCUT2D eigenvalue weighted by Crippen LogP contribution is -2.43. The van der Waals surface area contributed by atoms with E-state index >= 15 is 0 Å². The van der Waals surface area contributed by atoms with Crippen LogP contribution in [0.3, 0.4) is 0 Å². The van der Waals surface area contributed by atoms with Gasteiger partial charge < -0.3 is 20.6 Å². The molecule has 0 radical (unpaired) electrons. The number of carboxylic acid groups (broad SMARTS) is 1. The number of carbonyl (C=O) groups is 2. The maximum absolute atomic E-state index is 13.3. The lowest BCUT2D eigenvalue weighted by Gasteiger charge is -2.31. The minimum atomic E-state index is -5.08. The van der Waals surface area contributed by atoms with E-state index in [2.05, 4.69) is 41.0 Å². The number of rotatable bonds is 7. The van der Waals surface area contributed by atoms with Gasteiger partial charge in [-0.05, 0) is 54.7 Å². The number of carbonyl (C=O) groups excluding carboxylic acids is 1. The van der Waals surface area contributed by atoms with E-state index in [0.29, 0.717) is 11.3 Å². The molecule has 4 N–H and O–H groups in total. The van der Waals surface area contributed by atoms with Crippen LogP contribution in [0.25, 0.3) is 0 Å². The molecule has 0 bridgehead atoms. The molecule has 40 heavy (non-hydrogen) atoms. The van der Waals surface area contributed by atoms with Crippen molar-refractivity contribution >= 4 is 33.3 Å². The van der Waals surface area contributed by atoms with Crippen LogP contribution >= 0.6 is 0 Å². The number of alkyl halides is 3. The van der Waals surface area contributed by atoms with Crippen LogP contribution in [-0.4, -0.2) is 63.8 Å². The standard InChI is InChI=1S/C25H36N4O3S.C2HF3O2/c1-6-18(2)27-24(30)19-7-12-23(29-15-13-26-14-16-29)22(17-19)28-33(31,32)21-10-8-20(9-11-21)25(3,4)5;3-2(4,5)1(6)7/h7-12,17-18,26,28H,6,13-16H2,1-5H3,(H,27,30);(H,6,7). The molecule has 1 unspecified atom stereocenters. The SMILES string of the molecule is CCC(C)NC(=O)c1ccc(N2CCNCC2)c(NS(=O)(=O)c2ccc(C(C)(C)C)cc2)c1.O=C(O)C(F)(F)F. The second kappa shape index (κ2) is 13.4. The summed E-state index contributed by atoms with van der Waals surface area (Å²) in [5, 5.41) is 13.4. The molecule has 3 rings (SSSR count). The molecule has 1 saturated heterocycles. The Kier molecular flexibility index (Phi) is 11.0. The van der Waals surface area contributed by atoms with Crippen molar-refractivity contribution < 1.29 is 36.3 Å². The molecule has 9 nitrogen and oxygen atoms in total. The smallest absolute Gasteiger partial charge is 0.475 e. The third-order valence-electron chi connectivity index (χ3n) is 6.22. The molecule has 1 amide bonds. The van der Waals surface area contributed by atoms with E-state index < -0.39 is 22.2 Å². The van der Waals surface area contributed by atoms with Gasteiger partial charge in [-0.1, -0.05) is 39.8 Å². The number of nitrogens with zero attached hydrogens (tertiary/aromatic N) is 1. The molecular formula is C27H37F3N4O5S. The molecule has 1 fully saturated rings. The van der Waals surface area contributed by atoms with E-state index in [9.17, 15) is 26.4 Å². The van der Waals surface area contributed by atoms with Crippen LogP contribution in [0.2, 0.25) is 0 Å². The summed E-state index contributed by atoms with van der Waals surface area (Å²) < 4.78 is 61.0. The van der Waals surface area contributed by atoms with Gasteiger partial charge in [0, 0.05) is 37.8 Å². The lowest BCUT2D eigenvalue weighted by molar-refractivity contribution is -0.192. The quantitative estimate of drug-likeness (QED) is 0.380. The highest BCUT2D eigenvalue weighted by atomic mass is 32.2. The summed E-state index contributed by atoms with van der Waals surface area (Å²) in [5.74, 6) is -2.97. The Labute approximate surface area is 233 Å². The first-order chi connectivity index (χ1) is 18.5. The summed E-state index contributed by atoms with van der Waals surface area (Å²) in [5.41, 5.74) is 2.60. The lowest BCUT2D eigenvalue weighted by atomic mass is 9.87. The van der Waals surface area contributed by atoms with Gasteiger partial charge in [-0.3, -0.25) is 9.52 Å². The van der Waals surface area contributed by atoms with E-state index in [1.165, 1.54) is 0 Å². The van der Waals surface area contributed by atoms with Gasteiger partial charge in [0.2, 0.25) is 0 Å². The van der Waals surface area contributed by atoms with Gasteiger partial charge in [0.15, 0.2) is 0 Å². The summed E-state index contributed by atoms with van der Waals surface area (Å²) in [6.45, 7) is 13.4. The summed E-state index contributed by atoms with van der Waals surface area (Å²) >= 11 is 0. The number of halogens is 3. The fourth-order valence-corrected chi connectivity index (χ4v) is 4.75. The van der Waals surface area contributed by atoms with Gasteiger partial charge in [-0.25, -0.2) is 13.2 Å². The van der Waals surface area contributed by atoms with Gasteiger partial charge >= 0.3 is 12.1 Å². The normalized spacial score (nSPS) is 14.9. The van der Waals surface area contributed by atoms with Crippen LogP contribution in [-0.2, 0) is 20.2 Å². The van der Waals surface area contributed by atoms with Gasteiger partial charge in [0.05, 0.1) is 16.3 Å². The Morgan fingerprint density at radius 3 is 2.08 bits per heavy atom. The number of hydrogen-bond acceptors (Lipinski definition) is 6. The van der Waals surface area contributed by atoms with Crippen molar-refractivity contribution in [1.82, 2.24) is 10.6 Å². The molecule has 13 heteroatoms. The highest BCUT2D eigenvalue weighted by Gasteiger charge is 2.38. The van der Waals surface area contributed by atoms with Crippen LogP contribution in [0, 0.1) is 0 Å². The van der Waals surface area contributed by atoms with Crippen molar-refractivity contribution in [2.24, 2.45) is 0 Å².